The first-order chi connectivity index (χ1) is 9.48. The number of aliphatic hydroxyl groups excluding tert-OH is 1. The highest BCUT2D eigenvalue weighted by molar-refractivity contribution is 9.10. The molecule has 6 heteroatoms. The highest BCUT2D eigenvalue weighted by atomic mass is 79.9. The van der Waals surface area contributed by atoms with Crippen LogP contribution in [-0.2, 0) is 22.4 Å². The molecule has 2 rings (SSSR count). The van der Waals surface area contributed by atoms with Crippen molar-refractivity contribution in [2.75, 3.05) is 4.72 Å². The van der Waals surface area contributed by atoms with Gasteiger partial charge in [-0.1, -0.05) is 46.3 Å². The van der Waals surface area contributed by atoms with Gasteiger partial charge in [0, 0.05) is 10.2 Å². The molecule has 0 aliphatic rings. The quantitative estimate of drug-likeness (QED) is 0.866. The van der Waals surface area contributed by atoms with Crippen LogP contribution in [0.3, 0.4) is 0 Å². The second kappa shape index (κ2) is 6.39. The number of hydrogen-bond donors (Lipinski definition) is 2. The summed E-state index contributed by atoms with van der Waals surface area (Å²) < 4.78 is 27.5. The molecule has 20 heavy (non-hydrogen) atoms. The topological polar surface area (TPSA) is 66.4 Å². The van der Waals surface area contributed by atoms with Crippen LogP contribution < -0.4 is 4.72 Å². The van der Waals surface area contributed by atoms with Crippen LogP contribution in [-0.4, -0.2) is 13.5 Å². The van der Waals surface area contributed by atoms with E-state index in [4.69, 9.17) is 5.11 Å². The predicted octanol–water partition coefficient (Wildman–Crippen LogP) is 2.88. The lowest BCUT2D eigenvalue weighted by atomic mass is 10.1. The van der Waals surface area contributed by atoms with Crippen LogP contribution in [0, 0.1) is 0 Å². The average Bonchev–Trinajstić information content (AvgIpc) is 2.37. The number of nitrogens with one attached hydrogen (secondary N) is 1. The van der Waals surface area contributed by atoms with E-state index in [-0.39, 0.29) is 12.4 Å². The van der Waals surface area contributed by atoms with Crippen molar-refractivity contribution in [3.8, 4) is 0 Å². The third-order valence-electron chi connectivity index (χ3n) is 2.63. The van der Waals surface area contributed by atoms with Gasteiger partial charge in [-0.15, -0.1) is 0 Å². The van der Waals surface area contributed by atoms with Crippen molar-refractivity contribution in [2.45, 2.75) is 12.4 Å². The first kappa shape index (κ1) is 15.0. The van der Waals surface area contributed by atoms with Crippen molar-refractivity contribution in [1.82, 2.24) is 0 Å². The number of hydrogen-bond acceptors (Lipinski definition) is 3. The third kappa shape index (κ3) is 4.33. The van der Waals surface area contributed by atoms with Gasteiger partial charge in [-0.3, -0.25) is 4.72 Å². The van der Waals surface area contributed by atoms with Crippen molar-refractivity contribution in [2.24, 2.45) is 0 Å². The molecule has 0 bridgehead atoms. The molecule has 0 saturated carbocycles. The number of halogens is 1. The van der Waals surface area contributed by atoms with Crippen LogP contribution in [0.4, 0.5) is 5.69 Å². The minimum absolute atomic E-state index is 0.104. The Labute approximate surface area is 126 Å². The van der Waals surface area contributed by atoms with E-state index < -0.39 is 10.0 Å². The summed E-state index contributed by atoms with van der Waals surface area (Å²) in [6.45, 7) is -0.104. The Morgan fingerprint density at radius 2 is 1.75 bits per heavy atom. The fourth-order valence-corrected chi connectivity index (χ4v) is 3.38. The monoisotopic (exact) mass is 355 g/mol. The Hall–Kier alpha value is -1.37. The minimum Gasteiger partial charge on any atom is -0.392 e. The van der Waals surface area contributed by atoms with Crippen LogP contribution in [0.1, 0.15) is 11.1 Å². The molecule has 0 atom stereocenters. The SMILES string of the molecule is O=S(=O)(Cc1cccc(CO)c1)Nc1cccc(Br)c1. The van der Waals surface area contributed by atoms with Crippen molar-refractivity contribution in [3.63, 3.8) is 0 Å². The van der Waals surface area contributed by atoms with Gasteiger partial charge in [-0.2, -0.15) is 0 Å². The zero-order valence-corrected chi connectivity index (χ0v) is 13.0. The van der Waals surface area contributed by atoms with Gasteiger partial charge in [0.05, 0.1) is 12.4 Å². The first-order valence-electron chi connectivity index (χ1n) is 5.93. The summed E-state index contributed by atoms with van der Waals surface area (Å²) in [6.07, 6.45) is 0. The first-order valence-corrected chi connectivity index (χ1v) is 8.38. The van der Waals surface area contributed by atoms with Crippen molar-refractivity contribution in [1.29, 1.82) is 0 Å². The summed E-state index contributed by atoms with van der Waals surface area (Å²) in [5.41, 5.74) is 1.84. The fraction of sp³-hybridized carbons (Fsp3) is 0.143. The van der Waals surface area contributed by atoms with E-state index in [1.165, 1.54) is 0 Å². The van der Waals surface area contributed by atoms with E-state index in [1.54, 1.807) is 42.5 Å². The van der Waals surface area contributed by atoms with Crippen LogP contribution >= 0.6 is 15.9 Å². The molecule has 0 fully saturated rings. The van der Waals surface area contributed by atoms with Gasteiger partial charge in [-0.05, 0) is 29.3 Å². The zero-order valence-electron chi connectivity index (χ0n) is 10.6. The summed E-state index contributed by atoms with van der Waals surface area (Å²) in [6, 6.07) is 13.8. The van der Waals surface area contributed by atoms with Gasteiger partial charge in [0.25, 0.3) is 0 Å². The van der Waals surface area contributed by atoms with E-state index in [0.29, 0.717) is 16.8 Å². The lowest BCUT2D eigenvalue weighted by molar-refractivity contribution is 0.282. The van der Waals surface area contributed by atoms with E-state index >= 15 is 0 Å². The number of aliphatic hydroxyl groups is 1. The summed E-state index contributed by atoms with van der Waals surface area (Å²) in [5, 5.41) is 9.06. The normalized spacial score (nSPS) is 11.3. The molecule has 0 heterocycles. The van der Waals surface area contributed by atoms with Gasteiger partial charge < -0.3 is 5.11 Å². The molecule has 2 aromatic rings. The maximum Gasteiger partial charge on any atom is 0.236 e. The molecule has 2 aromatic carbocycles. The molecule has 0 amide bonds. The second-order valence-electron chi connectivity index (χ2n) is 4.35. The largest absolute Gasteiger partial charge is 0.392 e. The molecule has 4 nitrogen and oxygen atoms in total. The molecule has 0 saturated heterocycles. The average molecular weight is 356 g/mol. The molecule has 0 unspecified atom stereocenters. The Balaban J connectivity index is 2.14. The van der Waals surface area contributed by atoms with E-state index in [1.807, 2.05) is 6.07 Å². The molecule has 2 N–H and O–H groups in total. The summed E-state index contributed by atoms with van der Waals surface area (Å²) in [7, 11) is -3.48. The number of rotatable bonds is 5. The van der Waals surface area contributed by atoms with Crippen molar-refractivity contribution in [3.05, 3.63) is 64.1 Å². The number of benzene rings is 2. The standard InChI is InChI=1S/C14H14BrNO3S/c15-13-5-2-6-14(8-13)16-20(18,19)10-12-4-1-3-11(7-12)9-17/h1-8,16-17H,9-10H2. The van der Waals surface area contributed by atoms with Crippen LogP contribution in [0.25, 0.3) is 0 Å². The zero-order chi connectivity index (χ0) is 14.6. The van der Waals surface area contributed by atoms with Gasteiger partial charge in [0.1, 0.15) is 0 Å². The molecule has 0 aromatic heterocycles. The van der Waals surface area contributed by atoms with E-state index in [0.717, 1.165) is 4.47 Å². The highest BCUT2D eigenvalue weighted by Gasteiger charge is 2.12. The molecule has 0 aliphatic heterocycles. The van der Waals surface area contributed by atoms with Crippen LogP contribution in [0.2, 0.25) is 0 Å². The predicted molar refractivity (Wildman–Crippen MR) is 82.8 cm³/mol. The van der Waals surface area contributed by atoms with E-state index in [2.05, 4.69) is 20.7 Å². The minimum atomic E-state index is -3.48. The lowest BCUT2D eigenvalue weighted by Gasteiger charge is -2.09. The second-order valence-corrected chi connectivity index (χ2v) is 6.99. The molecular formula is C14H14BrNO3S. The Kier molecular flexibility index (Phi) is 4.80. The molecule has 106 valence electrons. The molecular weight excluding hydrogens is 342 g/mol. The fourth-order valence-electron chi connectivity index (χ4n) is 1.80. The summed E-state index contributed by atoms with van der Waals surface area (Å²) >= 11 is 3.29. The number of anilines is 1. The number of sulfonamides is 1. The maximum atomic E-state index is 12.1. The lowest BCUT2D eigenvalue weighted by Crippen LogP contribution is -2.15. The van der Waals surface area contributed by atoms with Crippen LogP contribution in [0.15, 0.2) is 53.0 Å². The molecule has 0 radical (unpaired) electrons. The third-order valence-corrected chi connectivity index (χ3v) is 4.38. The van der Waals surface area contributed by atoms with Crippen molar-refractivity contribution >= 4 is 31.6 Å². The molecule has 0 spiro atoms. The Morgan fingerprint density at radius 3 is 2.45 bits per heavy atom. The Bertz CT molecular complexity index is 701. The van der Waals surface area contributed by atoms with Gasteiger partial charge in [0.2, 0.25) is 10.0 Å². The summed E-state index contributed by atoms with van der Waals surface area (Å²) in [5.74, 6) is -0.132. The van der Waals surface area contributed by atoms with Crippen molar-refractivity contribution < 1.29 is 13.5 Å². The van der Waals surface area contributed by atoms with Crippen LogP contribution in [0.5, 0.6) is 0 Å². The van der Waals surface area contributed by atoms with Gasteiger partial charge in [0.15, 0.2) is 0 Å². The molecule has 0 aliphatic carbocycles. The highest BCUT2D eigenvalue weighted by Crippen LogP contribution is 2.18. The summed E-state index contributed by atoms with van der Waals surface area (Å²) in [4.78, 5) is 0. The smallest absolute Gasteiger partial charge is 0.236 e. The van der Waals surface area contributed by atoms with Gasteiger partial charge >= 0.3 is 0 Å². The van der Waals surface area contributed by atoms with E-state index in [9.17, 15) is 8.42 Å². The maximum absolute atomic E-state index is 12.1. The van der Waals surface area contributed by atoms with Gasteiger partial charge in [-0.25, -0.2) is 8.42 Å². The Morgan fingerprint density at radius 1 is 1.05 bits per heavy atom.